The van der Waals surface area contributed by atoms with Crippen LogP contribution in [-0.4, -0.2) is 10.9 Å². The van der Waals surface area contributed by atoms with Crippen molar-refractivity contribution in [3.8, 4) is 0 Å². The average Bonchev–Trinajstić information content (AvgIpc) is 3.02. The number of aryl methyl sites for hydroxylation is 1. The number of nitrogens with one attached hydrogen (secondary N) is 2. The molecule has 1 aromatic carbocycles. The minimum atomic E-state index is -0.303. The monoisotopic (exact) mass is 398 g/mol. The number of aromatic amines is 1. The Morgan fingerprint density at radius 3 is 2.95 bits per heavy atom. The molecule has 0 bridgehead atoms. The van der Waals surface area contributed by atoms with Crippen LogP contribution in [0.1, 0.15) is 21.8 Å². The minimum Gasteiger partial charge on any atom is -0.459 e. The number of hydrogen-bond donors (Lipinski definition) is 2. The first-order valence-electron chi connectivity index (χ1n) is 6.34. The van der Waals surface area contributed by atoms with Gasteiger partial charge in [-0.2, -0.15) is 0 Å². The number of halogens is 2. The highest BCUT2D eigenvalue weighted by Gasteiger charge is 2.13. The van der Waals surface area contributed by atoms with E-state index in [1.54, 1.807) is 18.3 Å². The van der Waals surface area contributed by atoms with E-state index in [0.717, 1.165) is 14.5 Å². The van der Waals surface area contributed by atoms with Gasteiger partial charge >= 0.3 is 0 Å². The number of carbonyl (C=O) groups excluding carboxylic acids is 1. The number of benzene rings is 1. The largest absolute Gasteiger partial charge is 0.459 e. The maximum absolute atomic E-state index is 13.2. The van der Waals surface area contributed by atoms with Crippen molar-refractivity contribution in [1.29, 1.82) is 0 Å². The molecule has 2 N–H and O–H groups in total. The number of H-pyrrole nitrogens is 1. The van der Waals surface area contributed by atoms with E-state index < -0.39 is 0 Å². The number of amides is 1. The summed E-state index contributed by atoms with van der Waals surface area (Å²) in [6, 6.07) is 6.15. The van der Waals surface area contributed by atoms with Gasteiger partial charge in [0, 0.05) is 20.7 Å². The zero-order valence-electron chi connectivity index (χ0n) is 11.2. The third-order valence-corrected chi connectivity index (χ3v) is 3.92. The van der Waals surface area contributed by atoms with Crippen LogP contribution in [0.5, 0.6) is 0 Å². The number of hydrogen-bond acceptors (Lipinski definition) is 2. The number of furan rings is 1. The van der Waals surface area contributed by atoms with Gasteiger partial charge in [0.15, 0.2) is 0 Å². The van der Waals surface area contributed by atoms with Gasteiger partial charge in [-0.3, -0.25) is 4.79 Å². The first kappa shape index (κ1) is 14.1. The third-order valence-electron chi connectivity index (χ3n) is 3.30. The van der Waals surface area contributed by atoms with Crippen molar-refractivity contribution in [2.24, 2.45) is 0 Å². The average molecular weight is 398 g/mol. The lowest BCUT2D eigenvalue weighted by Gasteiger charge is -2.02. The van der Waals surface area contributed by atoms with Crippen LogP contribution in [0.2, 0.25) is 0 Å². The Balaban J connectivity index is 1.79. The Kier molecular flexibility index (Phi) is 3.71. The lowest BCUT2D eigenvalue weighted by atomic mass is 10.1. The molecule has 0 fully saturated rings. The number of fused-ring (bicyclic) bond motifs is 1. The summed E-state index contributed by atoms with van der Waals surface area (Å²) in [4.78, 5) is 14.9. The standard InChI is InChI=1S/C15H12FIN2O2/c1-8-11-4-9(16)2-3-13(11)21-14(8)7-19-15(20)12-5-10(17)6-18-12/h2-6,18H,7H2,1H3,(H,19,20). The van der Waals surface area contributed by atoms with Crippen molar-refractivity contribution < 1.29 is 13.6 Å². The maximum Gasteiger partial charge on any atom is 0.268 e. The highest BCUT2D eigenvalue weighted by Crippen LogP contribution is 2.25. The van der Waals surface area contributed by atoms with Crippen LogP contribution in [0.4, 0.5) is 4.39 Å². The van der Waals surface area contributed by atoms with E-state index in [1.165, 1.54) is 12.1 Å². The molecule has 0 unspecified atom stereocenters. The van der Waals surface area contributed by atoms with Crippen LogP contribution in [0.15, 0.2) is 34.9 Å². The summed E-state index contributed by atoms with van der Waals surface area (Å²) >= 11 is 2.13. The smallest absolute Gasteiger partial charge is 0.268 e. The zero-order valence-corrected chi connectivity index (χ0v) is 13.3. The Morgan fingerprint density at radius 2 is 2.24 bits per heavy atom. The molecule has 2 aromatic heterocycles. The van der Waals surface area contributed by atoms with E-state index in [4.69, 9.17) is 4.42 Å². The predicted octanol–water partition coefficient (Wildman–Crippen LogP) is 3.74. The summed E-state index contributed by atoms with van der Waals surface area (Å²) in [5, 5.41) is 3.51. The second kappa shape index (κ2) is 5.51. The summed E-state index contributed by atoms with van der Waals surface area (Å²) < 4.78 is 19.9. The molecule has 0 aliphatic rings. The van der Waals surface area contributed by atoms with Crippen molar-refractivity contribution in [3.05, 3.63) is 56.9 Å². The van der Waals surface area contributed by atoms with Gasteiger partial charge in [0.25, 0.3) is 5.91 Å². The molecule has 2 heterocycles. The molecule has 0 aliphatic carbocycles. The van der Waals surface area contributed by atoms with Crippen molar-refractivity contribution in [2.45, 2.75) is 13.5 Å². The zero-order chi connectivity index (χ0) is 15.0. The van der Waals surface area contributed by atoms with Gasteiger partial charge in [-0.1, -0.05) is 0 Å². The molecule has 108 valence electrons. The molecule has 3 rings (SSSR count). The molecule has 0 radical (unpaired) electrons. The highest BCUT2D eigenvalue weighted by atomic mass is 127. The fourth-order valence-electron chi connectivity index (χ4n) is 2.17. The number of rotatable bonds is 3. The van der Waals surface area contributed by atoms with Gasteiger partial charge in [-0.15, -0.1) is 0 Å². The fourth-order valence-corrected chi connectivity index (χ4v) is 2.63. The van der Waals surface area contributed by atoms with Crippen LogP contribution >= 0.6 is 22.6 Å². The summed E-state index contributed by atoms with van der Waals surface area (Å²) in [5.74, 6) is 0.122. The van der Waals surface area contributed by atoms with Crippen molar-refractivity contribution in [1.82, 2.24) is 10.3 Å². The summed E-state index contributed by atoms with van der Waals surface area (Å²) in [5.41, 5.74) is 1.96. The Hall–Kier alpha value is -1.83. The Bertz CT molecular complexity index is 822. The van der Waals surface area contributed by atoms with Gasteiger partial charge in [0.1, 0.15) is 22.9 Å². The molecule has 0 saturated heterocycles. The topological polar surface area (TPSA) is 58.0 Å². The number of carbonyl (C=O) groups is 1. The maximum atomic E-state index is 13.2. The minimum absolute atomic E-state index is 0.205. The van der Waals surface area contributed by atoms with Crippen LogP contribution in [0.3, 0.4) is 0 Å². The first-order chi connectivity index (χ1) is 10.0. The van der Waals surface area contributed by atoms with Crippen LogP contribution in [0.25, 0.3) is 11.0 Å². The van der Waals surface area contributed by atoms with E-state index in [2.05, 4.69) is 32.9 Å². The van der Waals surface area contributed by atoms with Gasteiger partial charge < -0.3 is 14.7 Å². The molecule has 0 atom stereocenters. The van der Waals surface area contributed by atoms with E-state index in [0.29, 0.717) is 17.0 Å². The Morgan fingerprint density at radius 1 is 1.43 bits per heavy atom. The first-order valence-corrected chi connectivity index (χ1v) is 7.42. The molecule has 3 aromatic rings. The molecule has 0 aliphatic heterocycles. The molecular formula is C15H12FIN2O2. The predicted molar refractivity (Wildman–Crippen MR) is 85.6 cm³/mol. The molecule has 4 nitrogen and oxygen atoms in total. The Labute approximate surface area is 133 Å². The van der Waals surface area contributed by atoms with Gasteiger partial charge in [0.05, 0.1) is 6.54 Å². The van der Waals surface area contributed by atoms with E-state index in [-0.39, 0.29) is 18.3 Å². The molecule has 1 amide bonds. The third kappa shape index (κ3) is 2.80. The summed E-state index contributed by atoms with van der Waals surface area (Å²) in [6.45, 7) is 2.11. The highest BCUT2D eigenvalue weighted by molar-refractivity contribution is 14.1. The van der Waals surface area contributed by atoms with E-state index >= 15 is 0 Å². The van der Waals surface area contributed by atoms with Crippen LogP contribution in [-0.2, 0) is 6.54 Å². The second-order valence-electron chi connectivity index (χ2n) is 4.70. The fraction of sp³-hybridized carbons (Fsp3) is 0.133. The van der Waals surface area contributed by atoms with E-state index in [1.807, 2.05) is 6.92 Å². The van der Waals surface area contributed by atoms with E-state index in [9.17, 15) is 9.18 Å². The molecule has 21 heavy (non-hydrogen) atoms. The van der Waals surface area contributed by atoms with Gasteiger partial charge in [0.2, 0.25) is 0 Å². The lowest BCUT2D eigenvalue weighted by molar-refractivity contribution is 0.0944. The molecule has 0 spiro atoms. The van der Waals surface area contributed by atoms with Crippen molar-refractivity contribution >= 4 is 39.5 Å². The molecule has 0 saturated carbocycles. The number of aromatic nitrogens is 1. The SMILES string of the molecule is Cc1c(CNC(=O)c2cc(I)c[nH]2)oc2ccc(F)cc12. The summed E-state index contributed by atoms with van der Waals surface area (Å²) in [6.07, 6.45) is 1.75. The van der Waals surface area contributed by atoms with Crippen LogP contribution in [0, 0.1) is 16.3 Å². The van der Waals surface area contributed by atoms with Crippen molar-refractivity contribution in [2.75, 3.05) is 0 Å². The molecule has 6 heteroatoms. The van der Waals surface area contributed by atoms with Crippen LogP contribution < -0.4 is 5.32 Å². The van der Waals surface area contributed by atoms with Crippen molar-refractivity contribution in [3.63, 3.8) is 0 Å². The summed E-state index contributed by atoms with van der Waals surface area (Å²) in [7, 11) is 0. The quantitative estimate of drug-likeness (QED) is 0.661. The normalized spacial score (nSPS) is 11.0. The van der Waals surface area contributed by atoms with Gasteiger partial charge in [-0.05, 0) is 53.8 Å². The molecular weight excluding hydrogens is 386 g/mol. The lowest BCUT2D eigenvalue weighted by Crippen LogP contribution is -2.23. The second-order valence-corrected chi connectivity index (χ2v) is 5.95. The van der Waals surface area contributed by atoms with Gasteiger partial charge in [-0.25, -0.2) is 4.39 Å².